The van der Waals surface area contributed by atoms with Crippen molar-refractivity contribution in [2.75, 3.05) is 0 Å². The van der Waals surface area contributed by atoms with Gasteiger partial charge in [0.05, 0.1) is 12.0 Å². The first-order valence-corrected chi connectivity index (χ1v) is 9.01. The second-order valence-corrected chi connectivity index (χ2v) is 7.06. The molecule has 142 valence electrons. The summed E-state index contributed by atoms with van der Waals surface area (Å²) in [5.41, 5.74) is 9.36. The van der Waals surface area contributed by atoms with Crippen molar-refractivity contribution in [3.63, 3.8) is 0 Å². The lowest BCUT2D eigenvalue weighted by Gasteiger charge is -2.34. The Hall–Kier alpha value is -2.37. The molecule has 0 unspecified atom stereocenters. The van der Waals surface area contributed by atoms with E-state index in [1.54, 1.807) is 0 Å². The third-order valence-electron chi connectivity index (χ3n) is 5.07. The Labute approximate surface area is 165 Å². The lowest BCUT2D eigenvalue weighted by molar-refractivity contribution is 0.229. The van der Waals surface area contributed by atoms with E-state index in [4.69, 9.17) is 15.0 Å². The van der Waals surface area contributed by atoms with E-state index >= 15 is 0 Å². The summed E-state index contributed by atoms with van der Waals surface area (Å²) in [5, 5.41) is 4.07. The number of benzene rings is 2. The zero-order chi connectivity index (χ0) is 18.0. The first-order valence-electron chi connectivity index (χ1n) is 9.01. The molecule has 0 atom stereocenters. The van der Waals surface area contributed by atoms with Crippen LogP contribution in [0.2, 0.25) is 0 Å². The van der Waals surface area contributed by atoms with E-state index in [9.17, 15) is 0 Å². The van der Waals surface area contributed by atoms with Crippen LogP contribution >= 0.6 is 12.4 Å². The van der Waals surface area contributed by atoms with Crippen molar-refractivity contribution in [3.8, 4) is 5.75 Å². The van der Waals surface area contributed by atoms with Crippen LogP contribution in [0.1, 0.15) is 47.7 Å². The SMILES string of the molecule is Cc1ccccc1COc1cccc(Cc2nc(C3(N)CCC3)no2)c1.Cl. The Morgan fingerprint density at radius 2 is 1.96 bits per heavy atom. The molecule has 1 saturated carbocycles. The topological polar surface area (TPSA) is 74.2 Å². The molecule has 1 aromatic heterocycles. The van der Waals surface area contributed by atoms with Gasteiger partial charge in [-0.15, -0.1) is 12.4 Å². The van der Waals surface area contributed by atoms with Crippen LogP contribution in [0.3, 0.4) is 0 Å². The Kier molecular flexibility index (Phi) is 5.82. The quantitative estimate of drug-likeness (QED) is 0.684. The van der Waals surface area contributed by atoms with Crippen molar-refractivity contribution in [1.82, 2.24) is 10.1 Å². The summed E-state index contributed by atoms with van der Waals surface area (Å²) in [7, 11) is 0. The minimum Gasteiger partial charge on any atom is -0.489 e. The van der Waals surface area contributed by atoms with Crippen LogP contribution in [-0.4, -0.2) is 10.1 Å². The Balaban J connectivity index is 0.00000210. The summed E-state index contributed by atoms with van der Waals surface area (Å²) < 4.78 is 11.3. The van der Waals surface area contributed by atoms with Crippen molar-refractivity contribution in [3.05, 3.63) is 76.9 Å². The lowest BCUT2D eigenvalue weighted by Crippen LogP contribution is -2.44. The minimum atomic E-state index is -0.389. The number of nitrogens with two attached hydrogens (primary N) is 1. The number of hydrogen-bond donors (Lipinski definition) is 1. The van der Waals surface area contributed by atoms with Gasteiger partial charge in [-0.05, 0) is 55.0 Å². The molecule has 1 aliphatic rings. The highest BCUT2D eigenvalue weighted by Gasteiger charge is 2.38. The monoisotopic (exact) mass is 385 g/mol. The van der Waals surface area contributed by atoms with Gasteiger partial charge in [0.2, 0.25) is 5.89 Å². The summed E-state index contributed by atoms with van der Waals surface area (Å²) >= 11 is 0. The van der Waals surface area contributed by atoms with E-state index in [1.165, 1.54) is 11.1 Å². The number of aromatic nitrogens is 2. The number of nitrogens with zero attached hydrogens (tertiary/aromatic N) is 2. The van der Waals surface area contributed by atoms with Crippen LogP contribution in [0, 0.1) is 6.92 Å². The maximum absolute atomic E-state index is 6.26. The third kappa shape index (κ3) is 4.31. The van der Waals surface area contributed by atoms with Crippen LogP contribution in [0.15, 0.2) is 53.1 Å². The zero-order valence-electron chi connectivity index (χ0n) is 15.4. The highest BCUT2D eigenvalue weighted by atomic mass is 35.5. The molecule has 0 spiro atoms. The molecule has 1 fully saturated rings. The molecule has 1 aliphatic carbocycles. The summed E-state index contributed by atoms with van der Waals surface area (Å²) in [6, 6.07) is 16.2. The van der Waals surface area contributed by atoms with Gasteiger partial charge < -0.3 is 15.0 Å². The van der Waals surface area contributed by atoms with Gasteiger partial charge in [0.15, 0.2) is 5.82 Å². The largest absolute Gasteiger partial charge is 0.489 e. The average Bonchev–Trinajstić information content (AvgIpc) is 3.08. The normalized spacial score (nSPS) is 14.9. The van der Waals surface area contributed by atoms with Gasteiger partial charge in [0.25, 0.3) is 0 Å². The first kappa shape index (κ1) is 19.4. The van der Waals surface area contributed by atoms with Crippen molar-refractivity contribution in [2.45, 2.75) is 44.8 Å². The standard InChI is InChI=1S/C21H23N3O2.ClH/c1-15-6-2-3-8-17(15)14-25-18-9-4-7-16(12-18)13-19-23-20(24-26-19)21(22)10-5-11-21;/h2-4,6-9,12H,5,10-11,13-14,22H2,1H3;1H. The number of hydrogen-bond acceptors (Lipinski definition) is 5. The molecule has 2 aromatic carbocycles. The molecule has 6 heteroatoms. The van der Waals surface area contributed by atoms with Crippen LogP contribution in [0.4, 0.5) is 0 Å². The van der Waals surface area contributed by atoms with E-state index < -0.39 is 0 Å². The second-order valence-electron chi connectivity index (χ2n) is 7.06. The fourth-order valence-electron chi connectivity index (χ4n) is 3.16. The Morgan fingerprint density at radius 1 is 1.15 bits per heavy atom. The molecule has 3 aromatic rings. The number of aryl methyl sites for hydroxylation is 1. The summed E-state index contributed by atoms with van der Waals surface area (Å²) in [4.78, 5) is 4.49. The summed E-state index contributed by atoms with van der Waals surface area (Å²) in [6.45, 7) is 2.64. The van der Waals surface area contributed by atoms with Crippen LogP contribution in [0.5, 0.6) is 5.75 Å². The number of ether oxygens (including phenoxy) is 1. The molecule has 4 rings (SSSR count). The van der Waals surface area contributed by atoms with Gasteiger partial charge in [0.1, 0.15) is 12.4 Å². The number of rotatable bonds is 6. The van der Waals surface area contributed by atoms with Crippen molar-refractivity contribution in [1.29, 1.82) is 0 Å². The van der Waals surface area contributed by atoms with Crippen LogP contribution in [0.25, 0.3) is 0 Å². The molecule has 1 heterocycles. The van der Waals surface area contributed by atoms with E-state index in [-0.39, 0.29) is 17.9 Å². The lowest BCUT2D eigenvalue weighted by atomic mass is 9.77. The molecule has 0 bridgehead atoms. The molecule has 5 nitrogen and oxygen atoms in total. The minimum absolute atomic E-state index is 0. The molecule has 0 radical (unpaired) electrons. The maximum atomic E-state index is 6.26. The summed E-state index contributed by atoms with van der Waals surface area (Å²) in [6.07, 6.45) is 3.55. The van der Waals surface area contributed by atoms with E-state index in [0.29, 0.717) is 24.7 Å². The van der Waals surface area contributed by atoms with Gasteiger partial charge in [-0.2, -0.15) is 4.98 Å². The Bertz CT molecular complexity index is 906. The fraction of sp³-hybridized carbons (Fsp3) is 0.333. The summed E-state index contributed by atoms with van der Waals surface area (Å²) in [5.74, 6) is 2.05. The molecule has 0 amide bonds. The molecule has 0 saturated heterocycles. The zero-order valence-corrected chi connectivity index (χ0v) is 16.2. The predicted molar refractivity (Wildman–Crippen MR) is 106 cm³/mol. The Morgan fingerprint density at radius 3 is 2.70 bits per heavy atom. The smallest absolute Gasteiger partial charge is 0.231 e. The van der Waals surface area contributed by atoms with E-state index in [1.807, 2.05) is 36.4 Å². The van der Waals surface area contributed by atoms with Crippen molar-refractivity contribution in [2.24, 2.45) is 5.73 Å². The molecule has 27 heavy (non-hydrogen) atoms. The van der Waals surface area contributed by atoms with Crippen LogP contribution < -0.4 is 10.5 Å². The van der Waals surface area contributed by atoms with Gasteiger partial charge in [-0.3, -0.25) is 0 Å². The van der Waals surface area contributed by atoms with Crippen molar-refractivity contribution < 1.29 is 9.26 Å². The number of halogens is 1. The highest BCUT2D eigenvalue weighted by Crippen LogP contribution is 2.37. The third-order valence-corrected chi connectivity index (χ3v) is 5.07. The maximum Gasteiger partial charge on any atom is 0.231 e. The van der Waals surface area contributed by atoms with E-state index in [0.717, 1.165) is 30.6 Å². The van der Waals surface area contributed by atoms with Gasteiger partial charge in [-0.1, -0.05) is 41.6 Å². The molecular weight excluding hydrogens is 362 g/mol. The molecule has 2 N–H and O–H groups in total. The fourth-order valence-corrected chi connectivity index (χ4v) is 3.16. The van der Waals surface area contributed by atoms with Gasteiger partial charge >= 0.3 is 0 Å². The van der Waals surface area contributed by atoms with Crippen LogP contribution in [-0.2, 0) is 18.6 Å². The van der Waals surface area contributed by atoms with Crippen molar-refractivity contribution >= 4 is 12.4 Å². The first-order chi connectivity index (χ1) is 12.6. The predicted octanol–water partition coefficient (Wildman–Crippen LogP) is 4.31. The van der Waals surface area contributed by atoms with Gasteiger partial charge in [-0.25, -0.2) is 0 Å². The average molecular weight is 386 g/mol. The molecule has 0 aliphatic heterocycles. The van der Waals surface area contributed by atoms with Gasteiger partial charge in [0, 0.05) is 0 Å². The highest BCUT2D eigenvalue weighted by molar-refractivity contribution is 5.85. The second kappa shape index (κ2) is 8.11. The molecular formula is C21H24ClN3O2. The van der Waals surface area contributed by atoms with E-state index in [2.05, 4.69) is 29.2 Å².